The molecule has 0 bridgehead atoms. The molecule has 4 heteroatoms. The molecule has 88 valence electrons. The van der Waals surface area contributed by atoms with Gasteiger partial charge in [0, 0.05) is 18.8 Å². The zero-order valence-corrected chi connectivity index (χ0v) is 9.72. The van der Waals surface area contributed by atoms with Crippen molar-refractivity contribution in [1.82, 2.24) is 15.5 Å². The molecule has 0 spiro atoms. The van der Waals surface area contributed by atoms with Gasteiger partial charge >= 0.3 is 0 Å². The van der Waals surface area contributed by atoms with Crippen molar-refractivity contribution < 1.29 is 4.74 Å². The van der Waals surface area contributed by atoms with Crippen molar-refractivity contribution in [1.29, 1.82) is 0 Å². The molecule has 1 aliphatic rings. The average Bonchev–Trinajstić information content (AvgIpc) is 2.84. The van der Waals surface area contributed by atoms with Crippen LogP contribution in [0.5, 0.6) is 0 Å². The molecule has 0 saturated carbocycles. The third kappa shape index (κ3) is 3.00. The first-order valence-corrected chi connectivity index (χ1v) is 5.95. The number of aromatic nitrogens is 2. The lowest BCUT2D eigenvalue weighted by atomic mass is 10.0. The van der Waals surface area contributed by atoms with Crippen molar-refractivity contribution in [3.05, 3.63) is 24.0 Å². The Kier molecular flexibility index (Phi) is 4.25. The number of hydrogen-bond donors (Lipinski definition) is 1. The molecule has 2 atom stereocenters. The van der Waals surface area contributed by atoms with E-state index < -0.39 is 0 Å². The summed E-state index contributed by atoms with van der Waals surface area (Å²) in [7, 11) is 1.99. The SMILES string of the molecule is CNC(CCC1CCCO1)c1ccnnc1. The number of rotatable bonds is 5. The quantitative estimate of drug-likeness (QED) is 0.822. The number of hydrogen-bond acceptors (Lipinski definition) is 4. The standard InChI is InChI=1S/C12H19N3O/c1-13-12(10-6-7-14-15-9-10)5-4-11-3-2-8-16-11/h6-7,9,11-13H,2-5,8H2,1H3. The summed E-state index contributed by atoms with van der Waals surface area (Å²) in [4.78, 5) is 0. The third-order valence-electron chi connectivity index (χ3n) is 3.16. The Morgan fingerprint density at radius 2 is 2.50 bits per heavy atom. The Labute approximate surface area is 96.4 Å². The summed E-state index contributed by atoms with van der Waals surface area (Å²) in [6.07, 6.45) is 8.67. The van der Waals surface area contributed by atoms with E-state index in [4.69, 9.17) is 4.74 Å². The molecule has 16 heavy (non-hydrogen) atoms. The number of nitrogens with one attached hydrogen (secondary N) is 1. The highest BCUT2D eigenvalue weighted by Gasteiger charge is 2.18. The summed E-state index contributed by atoms with van der Waals surface area (Å²) in [5, 5.41) is 11.0. The fraction of sp³-hybridized carbons (Fsp3) is 0.667. The highest BCUT2D eigenvalue weighted by Crippen LogP contribution is 2.23. The molecule has 1 fully saturated rings. The van der Waals surface area contributed by atoms with Crippen molar-refractivity contribution in [2.45, 2.75) is 37.8 Å². The maximum Gasteiger partial charge on any atom is 0.0576 e. The van der Waals surface area contributed by atoms with Crippen LogP contribution in [0.25, 0.3) is 0 Å². The van der Waals surface area contributed by atoms with E-state index in [1.807, 2.05) is 19.3 Å². The van der Waals surface area contributed by atoms with Crippen LogP contribution in [0.2, 0.25) is 0 Å². The van der Waals surface area contributed by atoms with E-state index in [1.54, 1.807) is 6.20 Å². The van der Waals surface area contributed by atoms with Crippen molar-refractivity contribution in [3.8, 4) is 0 Å². The van der Waals surface area contributed by atoms with Gasteiger partial charge in [-0.2, -0.15) is 10.2 Å². The highest BCUT2D eigenvalue weighted by atomic mass is 16.5. The molecule has 0 radical (unpaired) electrons. The molecule has 2 unspecified atom stereocenters. The Balaban J connectivity index is 1.85. The lowest BCUT2D eigenvalue weighted by molar-refractivity contribution is 0.0998. The van der Waals surface area contributed by atoms with Crippen LogP contribution in [0.15, 0.2) is 18.5 Å². The number of ether oxygens (including phenoxy) is 1. The lowest BCUT2D eigenvalue weighted by Crippen LogP contribution is -2.19. The second-order valence-electron chi connectivity index (χ2n) is 4.23. The van der Waals surface area contributed by atoms with Gasteiger partial charge in [0.25, 0.3) is 0 Å². The van der Waals surface area contributed by atoms with Crippen LogP contribution >= 0.6 is 0 Å². The largest absolute Gasteiger partial charge is 0.378 e. The fourth-order valence-corrected chi connectivity index (χ4v) is 2.21. The number of nitrogens with zero attached hydrogens (tertiary/aromatic N) is 2. The Morgan fingerprint density at radius 1 is 1.56 bits per heavy atom. The second kappa shape index (κ2) is 5.92. The van der Waals surface area contributed by atoms with Gasteiger partial charge in [-0.25, -0.2) is 0 Å². The van der Waals surface area contributed by atoms with Gasteiger partial charge in [0.05, 0.1) is 12.3 Å². The maximum atomic E-state index is 5.63. The van der Waals surface area contributed by atoms with Crippen LogP contribution in [-0.2, 0) is 4.74 Å². The molecule has 1 aromatic rings. The van der Waals surface area contributed by atoms with Crippen molar-refractivity contribution in [2.75, 3.05) is 13.7 Å². The van der Waals surface area contributed by atoms with E-state index >= 15 is 0 Å². The Hall–Kier alpha value is -1.00. The van der Waals surface area contributed by atoms with Gasteiger partial charge in [-0.05, 0) is 44.4 Å². The topological polar surface area (TPSA) is 47.0 Å². The lowest BCUT2D eigenvalue weighted by Gasteiger charge is -2.17. The van der Waals surface area contributed by atoms with Crippen LogP contribution in [0.3, 0.4) is 0 Å². The first kappa shape index (κ1) is 11.5. The molecule has 0 aliphatic carbocycles. The van der Waals surface area contributed by atoms with Crippen molar-refractivity contribution >= 4 is 0 Å². The fourth-order valence-electron chi connectivity index (χ4n) is 2.21. The molecule has 0 aromatic carbocycles. The summed E-state index contributed by atoms with van der Waals surface area (Å²) in [5.41, 5.74) is 1.20. The van der Waals surface area contributed by atoms with E-state index in [2.05, 4.69) is 15.5 Å². The van der Waals surface area contributed by atoms with E-state index in [0.717, 1.165) is 19.4 Å². The zero-order chi connectivity index (χ0) is 11.2. The van der Waals surface area contributed by atoms with Crippen molar-refractivity contribution in [3.63, 3.8) is 0 Å². The van der Waals surface area contributed by atoms with Crippen LogP contribution in [0.4, 0.5) is 0 Å². The van der Waals surface area contributed by atoms with Gasteiger partial charge in [0.2, 0.25) is 0 Å². The van der Waals surface area contributed by atoms with Crippen LogP contribution in [-0.4, -0.2) is 30.0 Å². The summed E-state index contributed by atoms with van der Waals surface area (Å²) < 4.78 is 5.63. The summed E-state index contributed by atoms with van der Waals surface area (Å²) in [6.45, 7) is 0.936. The molecule has 0 amide bonds. The van der Waals surface area contributed by atoms with Gasteiger partial charge in [-0.1, -0.05) is 0 Å². The smallest absolute Gasteiger partial charge is 0.0576 e. The maximum absolute atomic E-state index is 5.63. The minimum absolute atomic E-state index is 0.361. The van der Waals surface area contributed by atoms with E-state index in [9.17, 15) is 0 Å². The first-order chi connectivity index (χ1) is 7.90. The first-order valence-electron chi connectivity index (χ1n) is 5.95. The van der Waals surface area contributed by atoms with Gasteiger partial charge < -0.3 is 10.1 Å². The van der Waals surface area contributed by atoms with E-state index in [1.165, 1.54) is 18.4 Å². The summed E-state index contributed by atoms with van der Waals surface area (Å²) >= 11 is 0. The molecule has 4 nitrogen and oxygen atoms in total. The minimum atomic E-state index is 0.361. The summed E-state index contributed by atoms with van der Waals surface area (Å²) in [5.74, 6) is 0. The minimum Gasteiger partial charge on any atom is -0.378 e. The van der Waals surface area contributed by atoms with Crippen molar-refractivity contribution in [2.24, 2.45) is 0 Å². The van der Waals surface area contributed by atoms with Crippen LogP contribution in [0.1, 0.15) is 37.3 Å². The molecular formula is C12H19N3O. The normalized spacial score (nSPS) is 22.2. The molecule has 1 N–H and O–H groups in total. The molecule has 1 aliphatic heterocycles. The molecule has 2 rings (SSSR count). The van der Waals surface area contributed by atoms with Crippen LogP contribution in [0, 0.1) is 0 Å². The van der Waals surface area contributed by atoms with Gasteiger partial charge in [0.1, 0.15) is 0 Å². The Bertz CT molecular complexity index is 298. The average molecular weight is 221 g/mol. The molecule has 2 heterocycles. The van der Waals surface area contributed by atoms with Gasteiger partial charge in [0.15, 0.2) is 0 Å². The second-order valence-corrected chi connectivity index (χ2v) is 4.23. The highest BCUT2D eigenvalue weighted by molar-refractivity contribution is 5.11. The van der Waals surface area contributed by atoms with Gasteiger partial charge in [-0.15, -0.1) is 0 Å². The predicted molar refractivity (Wildman–Crippen MR) is 62.0 cm³/mol. The van der Waals surface area contributed by atoms with Crippen LogP contribution < -0.4 is 5.32 Å². The summed E-state index contributed by atoms with van der Waals surface area (Å²) in [6, 6.07) is 2.38. The monoisotopic (exact) mass is 221 g/mol. The van der Waals surface area contributed by atoms with E-state index in [0.29, 0.717) is 12.1 Å². The van der Waals surface area contributed by atoms with Gasteiger partial charge in [-0.3, -0.25) is 0 Å². The molecule has 1 saturated heterocycles. The zero-order valence-electron chi connectivity index (χ0n) is 9.72. The Morgan fingerprint density at radius 3 is 3.12 bits per heavy atom. The molecular weight excluding hydrogens is 202 g/mol. The third-order valence-corrected chi connectivity index (χ3v) is 3.16. The predicted octanol–water partition coefficient (Wildman–Crippen LogP) is 1.70. The van der Waals surface area contributed by atoms with E-state index in [-0.39, 0.29) is 0 Å². The molecule has 1 aromatic heterocycles.